The second kappa shape index (κ2) is 6.92. The van der Waals surface area contributed by atoms with Crippen molar-refractivity contribution in [3.63, 3.8) is 0 Å². The Hall–Kier alpha value is -0.580. The summed E-state index contributed by atoms with van der Waals surface area (Å²) in [6, 6.07) is 0.405. The van der Waals surface area contributed by atoms with Gasteiger partial charge >= 0.3 is 0 Å². The molecule has 2 heterocycles. The third-order valence-corrected chi connectivity index (χ3v) is 4.62. The van der Waals surface area contributed by atoms with Crippen molar-refractivity contribution in [3.8, 4) is 0 Å². The first-order chi connectivity index (χ1) is 9.56. The molecule has 0 radical (unpaired) electrons. The molecule has 20 heavy (non-hydrogen) atoms. The van der Waals surface area contributed by atoms with Crippen LogP contribution in [0.25, 0.3) is 0 Å². The monoisotopic (exact) mass is 299 g/mol. The standard InChI is InChI=1S/C15H26ClN3O/c1-5-12-15(16)14(19(4)18-12)8-13(17-6-2)11-7-10(3)20-9-11/h10-11,13,17H,5-9H2,1-4H3. The highest BCUT2D eigenvalue weighted by atomic mass is 35.5. The van der Waals surface area contributed by atoms with Gasteiger partial charge in [0.2, 0.25) is 0 Å². The maximum atomic E-state index is 6.47. The lowest BCUT2D eigenvalue weighted by atomic mass is 9.93. The zero-order chi connectivity index (χ0) is 14.7. The van der Waals surface area contributed by atoms with Crippen LogP contribution >= 0.6 is 11.6 Å². The molecule has 0 amide bonds. The van der Waals surface area contributed by atoms with E-state index in [-0.39, 0.29) is 0 Å². The van der Waals surface area contributed by atoms with Crippen molar-refractivity contribution in [2.24, 2.45) is 13.0 Å². The molecule has 1 aromatic rings. The Bertz CT molecular complexity index is 447. The van der Waals surface area contributed by atoms with Gasteiger partial charge in [-0.15, -0.1) is 0 Å². The second-order valence-electron chi connectivity index (χ2n) is 5.69. The molecule has 1 saturated heterocycles. The van der Waals surface area contributed by atoms with Gasteiger partial charge in [0.25, 0.3) is 0 Å². The molecule has 0 aromatic carbocycles. The Morgan fingerprint density at radius 2 is 2.25 bits per heavy atom. The quantitative estimate of drug-likeness (QED) is 0.877. The van der Waals surface area contributed by atoms with Gasteiger partial charge in [-0.25, -0.2) is 0 Å². The lowest BCUT2D eigenvalue weighted by Gasteiger charge is -2.23. The number of hydrogen-bond donors (Lipinski definition) is 1. The predicted octanol–water partition coefficient (Wildman–Crippen LogP) is 2.58. The van der Waals surface area contributed by atoms with E-state index in [1.54, 1.807) is 0 Å². The minimum atomic E-state index is 0.370. The fourth-order valence-corrected chi connectivity index (χ4v) is 3.42. The minimum Gasteiger partial charge on any atom is -0.378 e. The third-order valence-electron chi connectivity index (χ3n) is 4.18. The fraction of sp³-hybridized carbons (Fsp3) is 0.800. The molecule has 4 nitrogen and oxygen atoms in total. The topological polar surface area (TPSA) is 39.1 Å². The van der Waals surface area contributed by atoms with Crippen LogP contribution in [0.3, 0.4) is 0 Å². The molecule has 5 heteroatoms. The Labute approximate surface area is 126 Å². The average Bonchev–Trinajstić information content (AvgIpc) is 2.96. The van der Waals surface area contributed by atoms with E-state index in [4.69, 9.17) is 16.3 Å². The van der Waals surface area contributed by atoms with Crippen LogP contribution in [0.4, 0.5) is 0 Å². The van der Waals surface area contributed by atoms with Gasteiger partial charge in [-0.3, -0.25) is 4.68 Å². The van der Waals surface area contributed by atoms with Crippen molar-refractivity contribution in [3.05, 3.63) is 16.4 Å². The van der Waals surface area contributed by atoms with Crippen LogP contribution in [-0.2, 0) is 24.6 Å². The van der Waals surface area contributed by atoms with E-state index in [0.29, 0.717) is 18.1 Å². The average molecular weight is 300 g/mol. The summed E-state index contributed by atoms with van der Waals surface area (Å²) in [7, 11) is 1.98. The smallest absolute Gasteiger partial charge is 0.0850 e. The van der Waals surface area contributed by atoms with Crippen LogP contribution in [0.2, 0.25) is 5.02 Å². The summed E-state index contributed by atoms with van der Waals surface area (Å²) in [5, 5.41) is 8.94. The number of nitrogens with one attached hydrogen (secondary N) is 1. The molecule has 1 aliphatic rings. The lowest BCUT2D eigenvalue weighted by molar-refractivity contribution is 0.117. The first kappa shape index (κ1) is 15.8. The highest BCUT2D eigenvalue weighted by molar-refractivity contribution is 6.31. The third kappa shape index (κ3) is 3.35. The van der Waals surface area contributed by atoms with Gasteiger partial charge in [0.1, 0.15) is 0 Å². The van der Waals surface area contributed by atoms with Crippen LogP contribution in [-0.4, -0.2) is 35.1 Å². The Kier molecular flexibility index (Phi) is 5.47. The van der Waals surface area contributed by atoms with Crippen molar-refractivity contribution in [2.75, 3.05) is 13.2 Å². The minimum absolute atomic E-state index is 0.370. The van der Waals surface area contributed by atoms with Gasteiger partial charge in [-0.1, -0.05) is 25.4 Å². The maximum absolute atomic E-state index is 6.47. The summed E-state index contributed by atoms with van der Waals surface area (Å²) < 4.78 is 7.66. The first-order valence-electron chi connectivity index (χ1n) is 7.62. The molecule has 114 valence electrons. The number of halogens is 1. The maximum Gasteiger partial charge on any atom is 0.0850 e. The first-order valence-corrected chi connectivity index (χ1v) is 7.99. The molecular formula is C15H26ClN3O. The second-order valence-corrected chi connectivity index (χ2v) is 6.07. The van der Waals surface area contributed by atoms with Crippen LogP contribution in [0.5, 0.6) is 0 Å². The summed E-state index contributed by atoms with van der Waals surface area (Å²) >= 11 is 6.47. The summed E-state index contributed by atoms with van der Waals surface area (Å²) in [5.41, 5.74) is 2.13. The van der Waals surface area contributed by atoms with Gasteiger partial charge < -0.3 is 10.1 Å². The molecule has 1 fully saturated rings. The SMILES string of the molecule is CCNC(Cc1c(Cl)c(CC)nn1C)C1COC(C)C1. The molecule has 0 spiro atoms. The van der Waals surface area contributed by atoms with E-state index in [2.05, 4.69) is 31.2 Å². The van der Waals surface area contributed by atoms with Crippen LogP contribution < -0.4 is 5.32 Å². The lowest BCUT2D eigenvalue weighted by Crippen LogP contribution is -2.39. The highest BCUT2D eigenvalue weighted by Crippen LogP contribution is 2.28. The predicted molar refractivity (Wildman–Crippen MR) is 82.3 cm³/mol. The zero-order valence-electron chi connectivity index (χ0n) is 12.9. The molecule has 0 saturated carbocycles. The van der Waals surface area contributed by atoms with Gasteiger partial charge in [-0.2, -0.15) is 5.10 Å². The van der Waals surface area contributed by atoms with Crippen molar-refractivity contribution in [1.82, 2.24) is 15.1 Å². The van der Waals surface area contributed by atoms with Gasteiger partial charge in [0, 0.05) is 25.4 Å². The van der Waals surface area contributed by atoms with E-state index in [1.807, 2.05) is 11.7 Å². The van der Waals surface area contributed by atoms with Crippen LogP contribution in [0, 0.1) is 5.92 Å². The molecule has 3 atom stereocenters. The van der Waals surface area contributed by atoms with Gasteiger partial charge in [0.15, 0.2) is 0 Å². The zero-order valence-corrected chi connectivity index (χ0v) is 13.7. The molecule has 1 N–H and O–H groups in total. The Morgan fingerprint density at radius 3 is 2.75 bits per heavy atom. The molecule has 0 bridgehead atoms. The molecule has 3 unspecified atom stereocenters. The van der Waals surface area contributed by atoms with Crippen molar-refractivity contribution >= 4 is 11.6 Å². The van der Waals surface area contributed by atoms with Crippen molar-refractivity contribution in [1.29, 1.82) is 0 Å². The number of ether oxygens (including phenoxy) is 1. The normalized spacial score (nSPS) is 24.2. The summed E-state index contributed by atoms with van der Waals surface area (Å²) in [6.45, 7) is 8.19. The van der Waals surface area contributed by atoms with E-state index in [9.17, 15) is 0 Å². The number of likely N-dealkylation sites (N-methyl/N-ethyl adjacent to an activating group) is 1. The number of aromatic nitrogens is 2. The van der Waals surface area contributed by atoms with E-state index in [1.165, 1.54) is 0 Å². The van der Waals surface area contributed by atoms with E-state index >= 15 is 0 Å². The summed E-state index contributed by atoms with van der Waals surface area (Å²) in [5.74, 6) is 0.556. The molecule has 1 aliphatic heterocycles. The number of rotatable bonds is 6. The molecule has 0 aliphatic carbocycles. The van der Waals surface area contributed by atoms with Gasteiger partial charge in [-0.05, 0) is 26.3 Å². The van der Waals surface area contributed by atoms with Crippen LogP contribution in [0.15, 0.2) is 0 Å². The van der Waals surface area contributed by atoms with E-state index in [0.717, 1.165) is 48.8 Å². The number of aryl methyl sites for hydroxylation is 2. The van der Waals surface area contributed by atoms with E-state index < -0.39 is 0 Å². The Morgan fingerprint density at radius 1 is 1.50 bits per heavy atom. The molecule has 2 rings (SSSR count). The van der Waals surface area contributed by atoms with Crippen molar-refractivity contribution < 1.29 is 4.74 Å². The van der Waals surface area contributed by atoms with Crippen LogP contribution in [0.1, 0.15) is 38.6 Å². The fourth-order valence-electron chi connectivity index (χ4n) is 3.05. The number of hydrogen-bond acceptors (Lipinski definition) is 3. The van der Waals surface area contributed by atoms with Crippen molar-refractivity contribution in [2.45, 2.75) is 52.2 Å². The molecular weight excluding hydrogens is 274 g/mol. The summed E-state index contributed by atoms with van der Waals surface area (Å²) in [6.07, 6.45) is 3.28. The molecule has 1 aromatic heterocycles. The highest BCUT2D eigenvalue weighted by Gasteiger charge is 2.30. The van der Waals surface area contributed by atoms with Gasteiger partial charge in [0.05, 0.1) is 29.1 Å². The largest absolute Gasteiger partial charge is 0.378 e. The number of nitrogens with zero attached hydrogens (tertiary/aromatic N) is 2. The Balaban J connectivity index is 2.13. The summed E-state index contributed by atoms with van der Waals surface area (Å²) in [4.78, 5) is 0.